The third-order valence-electron chi connectivity index (χ3n) is 1.68. The maximum absolute atomic E-state index is 5.87. The predicted octanol–water partition coefficient (Wildman–Crippen LogP) is 2.56. The standard InChI is InChI=1S/C8H11Cl2NO/c1-12-4-2-3-7-6(9)5-8(10)11-7/h5,7H,2-4H2,1H3. The van der Waals surface area contributed by atoms with Gasteiger partial charge >= 0.3 is 0 Å². The molecule has 1 aliphatic heterocycles. The minimum atomic E-state index is 0.0642. The van der Waals surface area contributed by atoms with Gasteiger partial charge in [-0.1, -0.05) is 23.2 Å². The molecule has 12 heavy (non-hydrogen) atoms. The van der Waals surface area contributed by atoms with E-state index in [9.17, 15) is 0 Å². The summed E-state index contributed by atoms with van der Waals surface area (Å²) in [5.74, 6) is 0. The van der Waals surface area contributed by atoms with Crippen molar-refractivity contribution < 1.29 is 4.74 Å². The highest BCUT2D eigenvalue weighted by Gasteiger charge is 2.17. The molecule has 1 unspecified atom stereocenters. The minimum absolute atomic E-state index is 0.0642. The van der Waals surface area contributed by atoms with Crippen LogP contribution in [0.3, 0.4) is 0 Å². The fourth-order valence-corrected chi connectivity index (χ4v) is 1.63. The van der Waals surface area contributed by atoms with Gasteiger partial charge < -0.3 is 4.74 Å². The Morgan fingerprint density at radius 1 is 1.58 bits per heavy atom. The lowest BCUT2D eigenvalue weighted by Gasteiger charge is -2.05. The van der Waals surface area contributed by atoms with Crippen molar-refractivity contribution in [2.75, 3.05) is 13.7 Å². The van der Waals surface area contributed by atoms with Gasteiger partial charge in [-0.2, -0.15) is 0 Å². The van der Waals surface area contributed by atoms with Crippen molar-refractivity contribution in [3.8, 4) is 0 Å². The molecule has 0 aliphatic carbocycles. The number of halogens is 2. The van der Waals surface area contributed by atoms with E-state index in [-0.39, 0.29) is 6.04 Å². The maximum Gasteiger partial charge on any atom is 0.125 e. The second-order valence-corrected chi connectivity index (χ2v) is 3.46. The zero-order valence-corrected chi connectivity index (χ0v) is 8.40. The van der Waals surface area contributed by atoms with Gasteiger partial charge in [0.1, 0.15) is 5.17 Å². The van der Waals surface area contributed by atoms with Crippen molar-refractivity contribution in [3.63, 3.8) is 0 Å². The Bertz CT molecular complexity index is 213. The predicted molar refractivity (Wildman–Crippen MR) is 52.1 cm³/mol. The Hall–Kier alpha value is -0.0500. The first-order valence-electron chi connectivity index (χ1n) is 3.83. The normalized spacial score (nSPS) is 22.4. The molecule has 0 aromatic carbocycles. The first-order chi connectivity index (χ1) is 5.74. The highest BCUT2D eigenvalue weighted by atomic mass is 35.5. The second kappa shape index (κ2) is 4.85. The number of allylic oxidation sites excluding steroid dienone is 1. The smallest absolute Gasteiger partial charge is 0.125 e. The summed E-state index contributed by atoms with van der Waals surface area (Å²) in [7, 11) is 1.68. The summed E-state index contributed by atoms with van der Waals surface area (Å²) in [6.07, 6.45) is 3.55. The van der Waals surface area contributed by atoms with Crippen molar-refractivity contribution in [2.45, 2.75) is 18.9 Å². The Kier molecular flexibility index (Phi) is 4.06. The van der Waals surface area contributed by atoms with E-state index in [1.165, 1.54) is 0 Å². The molecule has 2 nitrogen and oxygen atoms in total. The largest absolute Gasteiger partial charge is 0.385 e. The molecule has 4 heteroatoms. The van der Waals surface area contributed by atoms with E-state index in [0.29, 0.717) is 5.17 Å². The molecule has 1 heterocycles. The van der Waals surface area contributed by atoms with Crippen LogP contribution in [0.1, 0.15) is 12.8 Å². The third kappa shape index (κ3) is 2.77. The third-order valence-corrected chi connectivity index (χ3v) is 2.25. The van der Waals surface area contributed by atoms with Gasteiger partial charge in [-0.05, 0) is 18.9 Å². The van der Waals surface area contributed by atoms with Gasteiger partial charge in [-0.25, -0.2) is 0 Å². The summed E-state index contributed by atoms with van der Waals surface area (Å²) in [6.45, 7) is 0.744. The molecule has 68 valence electrons. The van der Waals surface area contributed by atoms with Crippen LogP contribution in [0.5, 0.6) is 0 Å². The van der Waals surface area contributed by atoms with Gasteiger partial charge in [0, 0.05) is 18.7 Å². The molecule has 0 radical (unpaired) electrons. The quantitative estimate of drug-likeness (QED) is 0.650. The molecule has 1 aliphatic rings. The SMILES string of the molecule is COCCCC1N=C(Cl)C=C1Cl. The van der Waals surface area contributed by atoms with Crippen molar-refractivity contribution in [1.82, 2.24) is 0 Å². The molecule has 0 aromatic rings. The Morgan fingerprint density at radius 3 is 2.83 bits per heavy atom. The van der Waals surface area contributed by atoms with Gasteiger partial charge in [0.2, 0.25) is 0 Å². The second-order valence-electron chi connectivity index (χ2n) is 2.63. The summed E-state index contributed by atoms with van der Waals surface area (Å²) in [4.78, 5) is 4.14. The zero-order valence-electron chi connectivity index (χ0n) is 6.89. The Labute approximate surface area is 82.2 Å². The lowest BCUT2D eigenvalue weighted by atomic mass is 10.2. The van der Waals surface area contributed by atoms with E-state index in [1.807, 2.05) is 0 Å². The summed E-state index contributed by atoms with van der Waals surface area (Å²) in [5.41, 5.74) is 0. The highest BCUT2D eigenvalue weighted by molar-refractivity contribution is 6.69. The monoisotopic (exact) mass is 207 g/mol. The van der Waals surface area contributed by atoms with E-state index in [0.717, 1.165) is 24.5 Å². The van der Waals surface area contributed by atoms with E-state index in [4.69, 9.17) is 27.9 Å². The van der Waals surface area contributed by atoms with Crippen LogP contribution in [-0.2, 0) is 4.74 Å². The van der Waals surface area contributed by atoms with Crippen LogP contribution in [0.2, 0.25) is 0 Å². The minimum Gasteiger partial charge on any atom is -0.385 e. The fraction of sp³-hybridized carbons (Fsp3) is 0.625. The molecule has 0 saturated carbocycles. The number of rotatable bonds is 4. The summed E-state index contributed by atoms with van der Waals surface area (Å²) < 4.78 is 4.92. The molecule has 1 atom stereocenters. The van der Waals surface area contributed by atoms with Crippen molar-refractivity contribution in [2.24, 2.45) is 4.99 Å². The first kappa shape index (κ1) is 10.0. The number of hydrogen-bond acceptors (Lipinski definition) is 2. The summed E-state index contributed by atoms with van der Waals surface area (Å²) in [6, 6.07) is 0.0642. The van der Waals surface area contributed by atoms with Gasteiger partial charge in [-0.15, -0.1) is 0 Å². The number of methoxy groups -OCH3 is 1. The van der Waals surface area contributed by atoms with Gasteiger partial charge in [0.15, 0.2) is 0 Å². The van der Waals surface area contributed by atoms with E-state index in [1.54, 1.807) is 13.2 Å². The van der Waals surface area contributed by atoms with Gasteiger partial charge in [-0.3, -0.25) is 4.99 Å². The maximum atomic E-state index is 5.87. The van der Waals surface area contributed by atoms with Crippen molar-refractivity contribution in [1.29, 1.82) is 0 Å². The van der Waals surface area contributed by atoms with Gasteiger partial charge in [0.05, 0.1) is 6.04 Å². The first-order valence-corrected chi connectivity index (χ1v) is 4.59. The average Bonchev–Trinajstić information content (AvgIpc) is 2.31. The fourth-order valence-electron chi connectivity index (χ4n) is 1.08. The van der Waals surface area contributed by atoms with Crippen molar-refractivity contribution >= 4 is 28.4 Å². The molecule has 0 N–H and O–H groups in total. The molecule has 0 bridgehead atoms. The van der Waals surface area contributed by atoms with Crippen LogP contribution < -0.4 is 0 Å². The van der Waals surface area contributed by atoms with Crippen LogP contribution in [0.15, 0.2) is 16.1 Å². The van der Waals surface area contributed by atoms with Crippen molar-refractivity contribution in [3.05, 3.63) is 11.1 Å². The van der Waals surface area contributed by atoms with Crippen LogP contribution in [-0.4, -0.2) is 24.9 Å². The van der Waals surface area contributed by atoms with E-state index < -0.39 is 0 Å². The Morgan fingerprint density at radius 2 is 2.33 bits per heavy atom. The molecule has 0 fully saturated rings. The highest BCUT2D eigenvalue weighted by Crippen LogP contribution is 2.23. The number of nitrogens with zero attached hydrogens (tertiary/aromatic N) is 1. The van der Waals surface area contributed by atoms with Crippen LogP contribution in [0.25, 0.3) is 0 Å². The molecule has 0 amide bonds. The number of ether oxygens (including phenoxy) is 1. The average molecular weight is 208 g/mol. The lowest BCUT2D eigenvalue weighted by Crippen LogP contribution is -2.03. The zero-order chi connectivity index (χ0) is 8.97. The molecule has 0 aromatic heterocycles. The van der Waals surface area contributed by atoms with Gasteiger partial charge in [0.25, 0.3) is 0 Å². The van der Waals surface area contributed by atoms with E-state index >= 15 is 0 Å². The molecular weight excluding hydrogens is 197 g/mol. The topological polar surface area (TPSA) is 21.6 Å². The lowest BCUT2D eigenvalue weighted by molar-refractivity contribution is 0.192. The molecule has 0 spiro atoms. The van der Waals surface area contributed by atoms with Crippen LogP contribution in [0.4, 0.5) is 0 Å². The number of hydrogen-bond donors (Lipinski definition) is 0. The molecule has 1 rings (SSSR count). The van der Waals surface area contributed by atoms with Crippen LogP contribution in [0, 0.1) is 0 Å². The Balaban J connectivity index is 2.30. The van der Waals surface area contributed by atoms with Crippen LogP contribution >= 0.6 is 23.2 Å². The molecular formula is C8H11Cl2NO. The summed E-state index contributed by atoms with van der Waals surface area (Å²) >= 11 is 11.5. The van der Waals surface area contributed by atoms with E-state index in [2.05, 4.69) is 4.99 Å². The summed E-state index contributed by atoms with van der Waals surface area (Å²) in [5, 5.41) is 1.23. The molecule has 0 saturated heterocycles. The number of aliphatic imine (C=N–C) groups is 1.